The van der Waals surface area contributed by atoms with Gasteiger partial charge in [-0.15, -0.1) is 0 Å². The number of rotatable bonds is 14. The molecule has 0 aliphatic heterocycles. The standard InChI is InChI=1S/C21H38N2O5.C14H27NO2/c1-19(2,3)14-15(24)10-12-21(7,23-16(25)8-9-18(27)28)13-11-17(26)22-20(4,5)6;1-12(2,3)9-10(16)14(7,8)11(17)15-13(4,5)6/h8-14H2,1-7H3,(H,22,26)(H,23,25)(H,27,28);9H2,1-8H3,(H,15,17). The Kier molecular flexibility index (Phi) is 17.0. The van der Waals surface area contributed by atoms with Crippen LogP contribution in [0.25, 0.3) is 0 Å². The molecule has 0 rings (SSSR count). The number of aliphatic carboxylic acids is 1. The number of hydrogen-bond acceptors (Lipinski definition) is 6. The third-order valence-electron chi connectivity index (χ3n) is 6.55. The van der Waals surface area contributed by atoms with E-state index in [1.807, 2.05) is 83.1 Å². The molecule has 0 saturated heterocycles. The predicted octanol–water partition coefficient (Wildman–Crippen LogP) is 6.14. The van der Waals surface area contributed by atoms with Crippen molar-refractivity contribution in [2.45, 2.75) is 172 Å². The van der Waals surface area contributed by atoms with Crippen molar-refractivity contribution in [3.05, 3.63) is 0 Å². The summed E-state index contributed by atoms with van der Waals surface area (Å²) in [4.78, 5) is 71.5. The number of amides is 3. The van der Waals surface area contributed by atoms with Crippen molar-refractivity contribution >= 4 is 35.3 Å². The summed E-state index contributed by atoms with van der Waals surface area (Å²) in [6, 6.07) is 0. The molecule has 10 heteroatoms. The first-order valence-electron chi connectivity index (χ1n) is 16.0. The summed E-state index contributed by atoms with van der Waals surface area (Å²) in [5.41, 5.74) is -2.56. The van der Waals surface area contributed by atoms with Gasteiger partial charge in [0.25, 0.3) is 0 Å². The minimum Gasteiger partial charge on any atom is -0.481 e. The highest BCUT2D eigenvalue weighted by molar-refractivity contribution is 6.05. The van der Waals surface area contributed by atoms with E-state index in [0.717, 1.165) is 0 Å². The van der Waals surface area contributed by atoms with E-state index >= 15 is 0 Å². The Labute approximate surface area is 273 Å². The molecule has 262 valence electrons. The van der Waals surface area contributed by atoms with E-state index in [4.69, 9.17) is 5.11 Å². The summed E-state index contributed by atoms with van der Waals surface area (Å²) in [5, 5.41) is 17.4. The lowest BCUT2D eigenvalue weighted by molar-refractivity contribution is -0.142. The molecule has 0 radical (unpaired) electrons. The van der Waals surface area contributed by atoms with Crippen LogP contribution in [0.1, 0.15) is 155 Å². The van der Waals surface area contributed by atoms with E-state index in [0.29, 0.717) is 32.1 Å². The first-order valence-corrected chi connectivity index (χ1v) is 16.0. The van der Waals surface area contributed by atoms with Gasteiger partial charge in [-0.1, -0.05) is 41.5 Å². The van der Waals surface area contributed by atoms with Gasteiger partial charge in [-0.2, -0.15) is 0 Å². The number of carboxylic acid groups (broad SMARTS) is 1. The molecule has 0 aliphatic rings. The van der Waals surface area contributed by atoms with Gasteiger partial charge in [0.1, 0.15) is 17.0 Å². The van der Waals surface area contributed by atoms with E-state index in [1.54, 1.807) is 20.8 Å². The maximum absolute atomic E-state index is 12.3. The molecule has 0 saturated carbocycles. The Balaban J connectivity index is 0. The molecule has 0 aliphatic carbocycles. The highest BCUT2D eigenvalue weighted by atomic mass is 16.4. The van der Waals surface area contributed by atoms with Crippen molar-refractivity contribution in [3.8, 4) is 0 Å². The first kappa shape index (κ1) is 44.3. The van der Waals surface area contributed by atoms with Gasteiger partial charge in [0, 0.05) is 48.7 Å². The highest BCUT2D eigenvalue weighted by Gasteiger charge is 2.38. The normalized spacial score (nSPS) is 13.8. The summed E-state index contributed by atoms with van der Waals surface area (Å²) in [6.45, 7) is 28.6. The van der Waals surface area contributed by atoms with Crippen molar-refractivity contribution in [3.63, 3.8) is 0 Å². The largest absolute Gasteiger partial charge is 0.481 e. The zero-order valence-corrected chi connectivity index (χ0v) is 31.1. The number of carbonyl (C=O) groups is 6. The molecule has 10 nitrogen and oxygen atoms in total. The van der Waals surface area contributed by atoms with Gasteiger partial charge in [0.2, 0.25) is 17.7 Å². The minimum absolute atomic E-state index is 0.00764. The Bertz CT molecular complexity index is 971. The van der Waals surface area contributed by atoms with Crippen molar-refractivity contribution < 1.29 is 33.9 Å². The van der Waals surface area contributed by atoms with Crippen LogP contribution in [-0.2, 0) is 28.8 Å². The van der Waals surface area contributed by atoms with Crippen LogP contribution in [0.2, 0.25) is 0 Å². The van der Waals surface area contributed by atoms with E-state index in [9.17, 15) is 28.8 Å². The molecule has 0 bridgehead atoms. The molecule has 0 aromatic rings. The molecule has 3 amide bonds. The molecule has 0 aromatic carbocycles. The summed E-state index contributed by atoms with van der Waals surface area (Å²) in [5.74, 6) is -1.64. The van der Waals surface area contributed by atoms with Crippen LogP contribution in [0.5, 0.6) is 0 Å². The highest BCUT2D eigenvalue weighted by Crippen LogP contribution is 2.28. The van der Waals surface area contributed by atoms with Gasteiger partial charge in [0.05, 0.1) is 6.42 Å². The monoisotopic (exact) mass is 639 g/mol. The van der Waals surface area contributed by atoms with Gasteiger partial charge in [0.15, 0.2) is 0 Å². The fourth-order valence-corrected chi connectivity index (χ4v) is 4.16. The second kappa shape index (κ2) is 17.2. The number of hydrogen-bond donors (Lipinski definition) is 4. The van der Waals surface area contributed by atoms with Gasteiger partial charge in [-0.05, 0) is 86.0 Å². The zero-order valence-electron chi connectivity index (χ0n) is 31.1. The molecular weight excluding hydrogens is 574 g/mol. The lowest BCUT2D eigenvalue weighted by Crippen LogP contribution is -2.50. The number of ketones is 2. The number of carboxylic acids is 1. The van der Waals surface area contributed by atoms with Gasteiger partial charge in [-0.25, -0.2) is 0 Å². The predicted molar refractivity (Wildman–Crippen MR) is 180 cm³/mol. The molecule has 1 unspecified atom stereocenters. The van der Waals surface area contributed by atoms with Crippen LogP contribution in [-0.4, -0.2) is 57.0 Å². The average Bonchev–Trinajstić information content (AvgIpc) is 2.76. The lowest BCUT2D eigenvalue weighted by atomic mass is 9.78. The summed E-state index contributed by atoms with van der Waals surface area (Å²) in [7, 11) is 0. The molecule has 45 heavy (non-hydrogen) atoms. The fraction of sp³-hybridized carbons (Fsp3) is 0.829. The molecule has 0 fully saturated rings. The van der Waals surface area contributed by atoms with Crippen LogP contribution >= 0.6 is 0 Å². The second-order valence-corrected chi connectivity index (χ2v) is 17.6. The number of Topliss-reactive ketones (excluding diaryl/α,β-unsaturated/α-hetero) is 2. The lowest BCUT2D eigenvalue weighted by Gasteiger charge is -2.32. The second-order valence-electron chi connectivity index (χ2n) is 17.6. The molecule has 4 N–H and O–H groups in total. The molecule has 0 aromatic heterocycles. The molecule has 0 spiro atoms. The maximum Gasteiger partial charge on any atom is 0.303 e. The Morgan fingerprint density at radius 3 is 1.33 bits per heavy atom. The third-order valence-corrected chi connectivity index (χ3v) is 6.55. The topological polar surface area (TPSA) is 159 Å². The first-order chi connectivity index (χ1) is 19.8. The van der Waals surface area contributed by atoms with Crippen LogP contribution < -0.4 is 16.0 Å². The quantitative estimate of drug-likeness (QED) is 0.166. The Morgan fingerprint density at radius 2 is 0.933 bits per heavy atom. The smallest absolute Gasteiger partial charge is 0.303 e. The maximum atomic E-state index is 12.3. The van der Waals surface area contributed by atoms with E-state index < -0.39 is 16.9 Å². The van der Waals surface area contributed by atoms with Crippen LogP contribution in [0.4, 0.5) is 0 Å². The van der Waals surface area contributed by atoms with Crippen LogP contribution in [0.3, 0.4) is 0 Å². The fourth-order valence-electron chi connectivity index (χ4n) is 4.16. The Hall–Kier alpha value is -2.78. The average molecular weight is 640 g/mol. The SMILES string of the molecule is CC(C)(C)CC(=O)C(C)(C)C(=O)NC(C)(C)C.CC(C)(C)CC(=O)CCC(C)(CCC(=O)NC(C)(C)C)NC(=O)CCC(=O)O. The van der Waals surface area contributed by atoms with Gasteiger partial charge < -0.3 is 21.1 Å². The summed E-state index contributed by atoms with van der Waals surface area (Å²) < 4.78 is 0. The van der Waals surface area contributed by atoms with E-state index in [1.165, 1.54) is 0 Å². The van der Waals surface area contributed by atoms with Gasteiger partial charge in [-0.3, -0.25) is 28.8 Å². The van der Waals surface area contributed by atoms with E-state index in [-0.39, 0.29) is 70.5 Å². The van der Waals surface area contributed by atoms with Crippen molar-refractivity contribution in [2.24, 2.45) is 16.2 Å². The molecule has 0 heterocycles. The van der Waals surface area contributed by atoms with Gasteiger partial charge >= 0.3 is 5.97 Å². The van der Waals surface area contributed by atoms with Crippen molar-refractivity contribution in [1.29, 1.82) is 0 Å². The zero-order chi connectivity index (χ0) is 36.2. The van der Waals surface area contributed by atoms with Crippen molar-refractivity contribution in [2.75, 3.05) is 0 Å². The minimum atomic E-state index is -1.04. The number of carbonyl (C=O) groups excluding carboxylic acids is 5. The summed E-state index contributed by atoms with van der Waals surface area (Å²) >= 11 is 0. The van der Waals surface area contributed by atoms with Crippen LogP contribution in [0.15, 0.2) is 0 Å². The third kappa shape index (κ3) is 24.2. The van der Waals surface area contributed by atoms with Crippen molar-refractivity contribution in [1.82, 2.24) is 16.0 Å². The van der Waals surface area contributed by atoms with E-state index in [2.05, 4.69) is 16.0 Å². The molecule has 1 atom stereocenters. The molecular formula is C35H65N3O7. The number of nitrogens with one attached hydrogen (secondary N) is 3. The Morgan fingerprint density at radius 1 is 0.511 bits per heavy atom. The van der Waals surface area contributed by atoms with Crippen LogP contribution in [0, 0.1) is 16.2 Å². The summed E-state index contributed by atoms with van der Waals surface area (Å²) in [6.07, 6.45) is 1.76.